The number of carboxylic acids is 2. The molecule has 0 atom stereocenters. The molecule has 0 amide bonds. The summed E-state index contributed by atoms with van der Waals surface area (Å²) < 4.78 is 0. The average Bonchev–Trinajstić information content (AvgIpc) is 1.63. The summed E-state index contributed by atoms with van der Waals surface area (Å²) in [6.07, 6.45) is -2.33. The molecule has 0 unspecified atom stereocenters. The van der Waals surface area contributed by atoms with Gasteiger partial charge in [-0.25, -0.2) is 0 Å². The fraction of sp³-hybridized carbons (Fsp3) is 0. The van der Waals surface area contributed by atoms with Crippen molar-refractivity contribution in [3.05, 3.63) is 0 Å². The van der Waals surface area contributed by atoms with E-state index in [1.54, 1.807) is 0 Å². The van der Waals surface area contributed by atoms with E-state index in [2.05, 4.69) is 0 Å². The summed E-state index contributed by atoms with van der Waals surface area (Å²) in [5.41, 5.74) is 0. The Morgan fingerprint density at radius 1 is 0.571 bits per heavy atom. The molecule has 0 saturated carbocycles. The molecule has 0 aliphatic rings. The van der Waals surface area contributed by atoms with Crippen LogP contribution in [0.15, 0.2) is 0 Å². The number of carboxylic acid groups (broad SMARTS) is 4. The van der Waals surface area contributed by atoms with Gasteiger partial charge in [-0.2, -0.15) is 0 Å². The fourth-order valence-corrected chi connectivity index (χ4v) is 0. The smallest absolute Gasteiger partial charge is 0.652 e. The maximum absolute atomic E-state index is 8.93. The van der Waals surface area contributed by atoms with Crippen LogP contribution in [0, 0.1) is 0 Å². The summed E-state index contributed by atoms with van der Waals surface area (Å²) in [6.45, 7) is 0. The fourth-order valence-electron chi connectivity index (χ4n) is 0. The Balaban J connectivity index is -0.0000000185. The zero-order valence-corrected chi connectivity index (χ0v) is 11.5. The van der Waals surface area contributed by atoms with E-state index in [0.29, 0.717) is 0 Å². The second kappa shape index (κ2) is 23.8. The third kappa shape index (κ3) is 73.0. The third-order valence-corrected chi connectivity index (χ3v) is 0.167. The summed E-state index contributed by atoms with van der Waals surface area (Å²) in [5, 5.41) is 34.5. The van der Waals surface area contributed by atoms with E-state index in [1.807, 2.05) is 0 Å². The van der Waals surface area contributed by atoms with Crippen molar-refractivity contribution in [1.82, 2.24) is 0 Å². The van der Waals surface area contributed by atoms with Crippen molar-refractivity contribution < 1.29 is 124 Å². The van der Waals surface area contributed by atoms with Crippen molar-refractivity contribution in [3.63, 3.8) is 0 Å². The van der Waals surface area contributed by atoms with Crippen LogP contribution in [0.4, 0.5) is 4.79 Å². The summed E-state index contributed by atoms with van der Waals surface area (Å²) in [6, 6.07) is 0. The second-order valence-electron chi connectivity index (χ2n) is 0.825. The Bertz CT molecular complexity index is 143. The van der Waals surface area contributed by atoms with Gasteiger partial charge in [-0.05, 0) is 6.16 Å². The first-order valence-electron chi connectivity index (χ1n) is 1.68. The number of hydrogen-bond acceptors (Lipinski definition) is 7. The van der Waals surface area contributed by atoms with Gasteiger partial charge in [0, 0.05) is 0 Å². The van der Waals surface area contributed by atoms with Gasteiger partial charge in [0.1, 0.15) is 0 Å². The molecule has 0 aliphatic carbocycles. The van der Waals surface area contributed by atoms with Crippen molar-refractivity contribution in [1.29, 1.82) is 0 Å². The Morgan fingerprint density at radius 2 is 0.643 bits per heavy atom. The molecule has 0 aliphatic heterocycles. The summed E-state index contributed by atoms with van der Waals surface area (Å²) >= 11 is 0. The SMILES string of the molecule is O=C([O-])C(=O)[O-].O=C([O-])[O-].[Ag+].[Ag+].[Ag+].[Ag+]. The molecule has 11 heteroatoms. The first-order valence-corrected chi connectivity index (χ1v) is 1.68. The van der Waals surface area contributed by atoms with Crippen molar-refractivity contribution >= 4 is 18.1 Å². The van der Waals surface area contributed by atoms with E-state index >= 15 is 0 Å². The van der Waals surface area contributed by atoms with Crippen LogP contribution in [-0.2, 0) is 99.1 Å². The van der Waals surface area contributed by atoms with Crippen LogP contribution in [0.1, 0.15) is 0 Å². The van der Waals surface area contributed by atoms with Crippen LogP contribution in [-0.4, -0.2) is 18.1 Å². The molecular weight excluding hydrogens is 579 g/mol. The minimum absolute atomic E-state index is 0. The van der Waals surface area contributed by atoms with Gasteiger partial charge in [0.2, 0.25) is 0 Å². The largest absolute Gasteiger partial charge is 1.00 e. The first-order chi connectivity index (χ1) is 4.37. The quantitative estimate of drug-likeness (QED) is 0.205. The van der Waals surface area contributed by atoms with Crippen LogP contribution in [0.25, 0.3) is 0 Å². The molecule has 0 rings (SSSR count). The molecule has 0 bridgehead atoms. The molecule has 7 nitrogen and oxygen atoms in total. The number of rotatable bonds is 0. The summed E-state index contributed by atoms with van der Waals surface area (Å²) in [7, 11) is 0. The van der Waals surface area contributed by atoms with E-state index in [9.17, 15) is 0 Å². The Kier molecular flexibility index (Phi) is 61.5. The molecule has 0 heterocycles. The van der Waals surface area contributed by atoms with Crippen molar-refractivity contribution in [2.45, 2.75) is 0 Å². The predicted octanol–water partition coefficient (Wildman–Crippen LogP) is -5.97. The minimum atomic E-state index is -2.33. The molecule has 0 aromatic rings. The van der Waals surface area contributed by atoms with Crippen LogP contribution >= 0.6 is 0 Å². The standard InChI is InChI=1S/C2H2O4.CH2O3.4Ag/c3-1(4)2(5)6;2-1(3)4;;;;/h(H,3,4)(H,5,6);(H2,2,3,4);;;;/q;;4*+1/p-4. The minimum Gasteiger partial charge on any atom is -0.652 e. The Labute approximate surface area is 141 Å². The number of carbonyl (C=O) groups excluding carboxylic acids is 3. The van der Waals surface area contributed by atoms with Gasteiger partial charge in [0.15, 0.2) is 0 Å². The normalized spacial score (nSPS) is 4.86. The molecule has 0 aromatic carbocycles. The van der Waals surface area contributed by atoms with E-state index in [0.717, 1.165) is 0 Å². The molecule has 0 radical (unpaired) electrons. The van der Waals surface area contributed by atoms with Gasteiger partial charge in [-0.3, -0.25) is 0 Å². The summed E-state index contributed by atoms with van der Waals surface area (Å²) in [4.78, 5) is 26.2. The number of hydrogen-bond donors (Lipinski definition) is 0. The molecule has 0 fully saturated rings. The topological polar surface area (TPSA) is 143 Å². The van der Waals surface area contributed by atoms with Crippen LogP contribution in [0.2, 0.25) is 0 Å². The third-order valence-electron chi connectivity index (χ3n) is 0.167. The number of aliphatic carboxylic acids is 2. The molecule has 98 valence electrons. The van der Waals surface area contributed by atoms with E-state index in [4.69, 9.17) is 34.8 Å². The van der Waals surface area contributed by atoms with Gasteiger partial charge in [0.25, 0.3) is 0 Å². The maximum atomic E-state index is 8.93. The average molecular weight is 579 g/mol. The predicted molar refractivity (Wildman–Crippen MR) is 15.4 cm³/mol. The van der Waals surface area contributed by atoms with E-state index in [1.165, 1.54) is 0 Å². The van der Waals surface area contributed by atoms with Crippen molar-refractivity contribution in [3.8, 4) is 0 Å². The van der Waals surface area contributed by atoms with Gasteiger partial charge in [-0.1, -0.05) is 0 Å². The first kappa shape index (κ1) is 36.2. The van der Waals surface area contributed by atoms with Crippen LogP contribution < -0.4 is 20.4 Å². The monoisotopic (exact) mass is 576 g/mol. The Hall–Kier alpha value is 1.17. The van der Waals surface area contributed by atoms with Gasteiger partial charge in [0.05, 0.1) is 11.9 Å². The van der Waals surface area contributed by atoms with Crippen LogP contribution in [0.5, 0.6) is 0 Å². The molecule has 0 aromatic heterocycles. The molecular formula is C3Ag4O7. The molecule has 0 N–H and O–H groups in total. The molecule has 0 spiro atoms. The van der Waals surface area contributed by atoms with Gasteiger partial charge in [-0.15, -0.1) is 0 Å². The maximum Gasteiger partial charge on any atom is 1.00 e. The van der Waals surface area contributed by atoms with Crippen LogP contribution in [0.3, 0.4) is 0 Å². The zero-order valence-electron chi connectivity index (χ0n) is 5.56. The Morgan fingerprint density at radius 3 is 0.643 bits per heavy atom. The van der Waals surface area contributed by atoms with Crippen molar-refractivity contribution in [2.24, 2.45) is 0 Å². The van der Waals surface area contributed by atoms with Gasteiger partial charge < -0.3 is 34.8 Å². The molecule has 14 heavy (non-hydrogen) atoms. The molecule has 0 saturated heterocycles. The number of carbonyl (C=O) groups is 3. The van der Waals surface area contributed by atoms with E-state index < -0.39 is 18.1 Å². The second-order valence-corrected chi connectivity index (χ2v) is 0.825. The zero-order chi connectivity index (χ0) is 8.73. The van der Waals surface area contributed by atoms with E-state index in [-0.39, 0.29) is 89.5 Å². The van der Waals surface area contributed by atoms with Gasteiger partial charge >= 0.3 is 89.5 Å². The van der Waals surface area contributed by atoms with Crippen molar-refractivity contribution in [2.75, 3.05) is 0 Å². The summed E-state index contributed by atoms with van der Waals surface area (Å²) in [5.74, 6) is -4.37.